The van der Waals surface area contributed by atoms with E-state index >= 15 is 0 Å². The molecule has 3 rings (SSSR count). The summed E-state index contributed by atoms with van der Waals surface area (Å²) in [5.41, 5.74) is 0.0352. The molecule has 0 bridgehead atoms. The van der Waals surface area contributed by atoms with E-state index in [1.807, 2.05) is 13.8 Å². The van der Waals surface area contributed by atoms with Crippen LogP contribution in [0.25, 0.3) is 0 Å². The van der Waals surface area contributed by atoms with Crippen LogP contribution in [-0.4, -0.2) is 39.8 Å². The summed E-state index contributed by atoms with van der Waals surface area (Å²) in [7, 11) is 0. The molecule has 1 aromatic rings. The smallest absolute Gasteiger partial charge is 0.432 e. The summed E-state index contributed by atoms with van der Waals surface area (Å²) < 4.78 is 4.87. The van der Waals surface area contributed by atoms with Crippen LogP contribution in [0.15, 0.2) is 27.6 Å². The maximum atomic E-state index is 11.9. The first kappa shape index (κ1) is 21.9. The van der Waals surface area contributed by atoms with Gasteiger partial charge in [-0.15, -0.1) is 5.57 Å². The molecule has 0 aromatic carbocycles. The summed E-state index contributed by atoms with van der Waals surface area (Å²) in [5, 5.41) is 15.1. The summed E-state index contributed by atoms with van der Waals surface area (Å²) in [6.45, 7) is 8.91. The van der Waals surface area contributed by atoms with Crippen molar-refractivity contribution in [3.63, 3.8) is 0 Å². The van der Waals surface area contributed by atoms with Crippen molar-refractivity contribution in [2.75, 3.05) is 11.9 Å². The van der Waals surface area contributed by atoms with Gasteiger partial charge in [-0.05, 0) is 11.6 Å². The van der Waals surface area contributed by atoms with Gasteiger partial charge in [0.05, 0.1) is 6.20 Å². The molecule has 2 aliphatic rings. The first-order valence-corrected chi connectivity index (χ1v) is 7.53. The van der Waals surface area contributed by atoms with E-state index in [0.717, 1.165) is 5.01 Å². The Balaban J connectivity index is 0.000000705. The number of hydrazone groups is 1. The van der Waals surface area contributed by atoms with Gasteiger partial charge in [-0.2, -0.15) is 5.10 Å². The van der Waals surface area contributed by atoms with Crippen LogP contribution in [-0.2, 0) is 9.59 Å². The number of nitrogens with one attached hydrogen (secondary N) is 2. The second-order valence-electron chi connectivity index (χ2n) is 5.54. The standard InChI is InChI=1S/C13H14N5O3.C3H5.K/c1-7(2)11-10(14)8(3)12(20)18(17-11)6-9(19)16-13-15-4-5-21-13;1-2-3-1;/h3-5,7,14H,6H2,1-2H3,(H,15,16,19);1H,2-3H2;/q2*-1;+1. The van der Waals surface area contributed by atoms with Crippen LogP contribution in [0.2, 0.25) is 0 Å². The number of anilines is 1. The van der Waals surface area contributed by atoms with Gasteiger partial charge in [0.25, 0.3) is 0 Å². The van der Waals surface area contributed by atoms with Crippen LogP contribution in [0, 0.1) is 24.3 Å². The number of carbonyl (C=O) groups excluding carboxylic acids is 2. The molecule has 1 aromatic heterocycles. The van der Waals surface area contributed by atoms with E-state index in [1.165, 1.54) is 25.3 Å². The van der Waals surface area contributed by atoms with Gasteiger partial charge in [0.2, 0.25) is 5.91 Å². The molecule has 2 N–H and O–H groups in total. The molecular formula is C16H19KN5O3-. The summed E-state index contributed by atoms with van der Waals surface area (Å²) >= 11 is 0. The maximum absolute atomic E-state index is 11.9. The van der Waals surface area contributed by atoms with Gasteiger partial charge in [0.15, 0.2) is 5.91 Å². The van der Waals surface area contributed by atoms with E-state index in [0.29, 0.717) is 5.71 Å². The summed E-state index contributed by atoms with van der Waals surface area (Å²) in [4.78, 5) is 27.5. The molecule has 1 aliphatic carbocycles. The van der Waals surface area contributed by atoms with Crippen molar-refractivity contribution in [2.24, 2.45) is 11.0 Å². The molecule has 1 fully saturated rings. The van der Waals surface area contributed by atoms with E-state index in [9.17, 15) is 9.59 Å². The predicted molar refractivity (Wildman–Crippen MR) is 88.2 cm³/mol. The van der Waals surface area contributed by atoms with Gasteiger partial charge in [-0.25, -0.2) is 24.4 Å². The molecule has 8 nitrogen and oxygen atoms in total. The van der Waals surface area contributed by atoms with Gasteiger partial charge >= 0.3 is 57.4 Å². The Hall–Kier alpha value is -1.13. The first-order valence-electron chi connectivity index (χ1n) is 7.53. The summed E-state index contributed by atoms with van der Waals surface area (Å²) in [6, 6.07) is 0.0298. The van der Waals surface area contributed by atoms with Gasteiger partial charge in [0.1, 0.15) is 12.8 Å². The van der Waals surface area contributed by atoms with Crippen molar-refractivity contribution in [3.05, 3.63) is 31.0 Å². The molecule has 128 valence electrons. The molecule has 0 atom stereocenters. The van der Waals surface area contributed by atoms with Gasteiger partial charge in [-0.1, -0.05) is 13.8 Å². The van der Waals surface area contributed by atoms with Crippen LogP contribution in [0.4, 0.5) is 6.01 Å². The monoisotopic (exact) mass is 368 g/mol. The number of nitrogens with zero attached hydrogens (tertiary/aromatic N) is 3. The van der Waals surface area contributed by atoms with Crippen LogP contribution in [0.3, 0.4) is 0 Å². The normalized spacial score (nSPS) is 15.9. The average molecular weight is 368 g/mol. The van der Waals surface area contributed by atoms with E-state index in [1.54, 1.807) is 0 Å². The summed E-state index contributed by atoms with van der Waals surface area (Å²) in [6.07, 6.45) is 7.69. The number of oxazole rings is 1. The van der Waals surface area contributed by atoms with Crippen molar-refractivity contribution < 1.29 is 65.4 Å². The third-order valence-electron chi connectivity index (χ3n) is 3.03. The Labute approximate surface area is 189 Å². The van der Waals surface area contributed by atoms with E-state index in [4.69, 9.17) is 16.4 Å². The fourth-order valence-electron chi connectivity index (χ4n) is 1.70. The fourth-order valence-corrected chi connectivity index (χ4v) is 1.70. The molecule has 1 aliphatic heterocycles. The number of amides is 2. The molecule has 25 heavy (non-hydrogen) atoms. The van der Waals surface area contributed by atoms with Crippen LogP contribution < -0.4 is 56.7 Å². The van der Waals surface area contributed by atoms with Crippen molar-refractivity contribution in [2.45, 2.75) is 26.7 Å². The van der Waals surface area contributed by atoms with Crippen LogP contribution in [0.5, 0.6) is 0 Å². The van der Waals surface area contributed by atoms with Crippen molar-refractivity contribution in [1.82, 2.24) is 9.99 Å². The third-order valence-corrected chi connectivity index (χ3v) is 3.03. The maximum Gasteiger partial charge on any atom is 1.00 e. The minimum absolute atomic E-state index is 0. The minimum Gasteiger partial charge on any atom is -0.432 e. The van der Waals surface area contributed by atoms with Crippen LogP contribution in [0.1, 0.15) is 26.7 Å². The minimum atomic E-state index is -0.674. The third kappa shape index (κ3) is 6.59. The molecular weight excluding hydrogens is 349 g/mol. The van der Waals surface area contributed by atoms with Crippen molar-refractivity contribution >= 4 is 29.3 Å². The van der Waals surface area contributed by atoms with Gasteiger partial charge in [0, 0.05) is 5.71 Å². The largest absolute Gasteiger partial charge is 1.00 e. The topological polar surface area (TPSA) is 112 Å². The second-order valence-corrected chi connectivity index (χ2v) is 5.54. The van der Waals surface area contributed by atoms with Crippen LogP contribution >= 0.6 is 0 Å². The molecule has 1 saturated carbocycles. The number of hydrogen-bond acceptors (Lipinski definition) is 6. The molecule has 2 heterocycles. The zero-order valence-electron chi connectivity index (χ0n) is 14.6. The van der Waals surface area contributed by atoms with Gasteiger partial charge in [-0.3, -0.25) is 15.1 Å². The molecule has 0 unspecified atom stereocenters. The summed E-state index contributed by atoms with van der Waals surface area (Å²) in [5.74, 6) is -1.30. The zero-order valence-corrected chi connectivity index (χ0v) is 17.7. The van der Waals surface area contributed by atoms with E-state index in [2.05, 4.69) is 21.8 Å². The molecule has 2 amide bonds. The SMILES string of the molecule is [CH-]1CC1.[CH-]=C1C(=N)C(C(C)C)=NN(CC(=O)Nc2ncco2)C1=O.[K+]. The Kier molecular flexibility index (Phi) is 8.87. The molecule has 0 saturated heterocycles. The molecule has 0 spiro atoms. The molecule has 0 radical (unpaired) electrons. The Morgan fingerprint density at radius 2 is 2.16 bits per heavy atom. The predicted octanol–water partition coefficient (Wildman–Crippen LogP) is -1.17. The Morgan fingerprint density at radius 1 is 1.52 bits per heavy atom. The Morgan fingerprint density at radius 3 is 2.64 bits per heavy atom. The zero-order chi connectivity index (χ0) is 17.7. The first-order chi connectivity index (χ1) is 11.4. The van der Waals surface area contributed by atoms with E-state index in [-0.39, 0.29) is 81.1 Å². The van der Waals surface area contributed by atoms with Gasteiger partial charge < -0.3 is 21.0 Å². The Bertz CT molecular complexity index is 677. The molecule has 9 heteroatoms. The number of aromatic nitrogens is 1. The number of carbonyl (C=O) groups is 2. The van der Waals surface area contributed by atoms with Crippen molar-refractivity contribution in [1.29, 1.82) is 5.41 Å². The number of rotatable bonds is 4. The van der Waals surface area contributed by atoms with Crippen molar-refractivity contribution in [3.8, 4) is 0 Å². The second kappa shape index (κ2) is 10.1. The number of hydrogen-bond donors (Lipinski definition) is 2. The van der Waals surface area contributed by atoms with E-state index < -0.39 is 11.8 Å². The average Bonchev–Trinajstić information content (AvgIpc) is 3.34. The fraction of sp³-hybridized carbons (Fsp3) is 0.375. The quantitative estimate of drug-likeness (QED) is 0.396.